The third-order valence-corrected chi connectivity index (χ3v) is 4.75. The molecule has 0 spiro atoms. The Bertz CT molecular complexity index is 708. The molecular weight excluding hydrogens is 300 g/mol. The van der Waals surface area contributed by atoms with Gasteiger partial charge in [0.05, 0.1) is 6.54 Å². The highest BCUT2D eigenvalue weighted by molar-refractivity contribution is 5.86. The van der Waals surface area contributed by atoms with E-state index in [1.165, 1.54) is 19.3 Å². The van der Waals surface area contributed by atoms with Crippen molar-refractivity contribution in [1.29, 1.82) is 0 Å². The van der Waals surface area contributed by atoms with Crippen molar-refractivity contribution in [1.82, 2.24) is 0 Å². The van der Waals surface area contributed by atoms with E-state index in [1.807, 2.05) is 42.5 Å². The third kappa shape index (κ3) is 3.53. The van der Waals surface area contributed by atoms with Gasteiger partial charge >= 0.3 is 0 Å². The van der Waals surface area contributed by atoms with Gasteiger partial charge in [-0.1, -0.05) is 55.7 Å². The van der Waals surface area contributed by atoms with Crippen molar-refractivity contribution >= 4 is 11.6 Å². The molecule has 1 saturated carbocycles. The minimum Gasteiger partial charge on any atom is -0.507 e. The summed E-state index contributed by atoms with van der Waals surface area (Å²) in [6.07, 6.45) is 5.75. The molecule has 1 aliphatic carbocycles. The van der Waals surface area contributed by atoms with Gasteiger partial charge in [-0.2, -0.15) is 0 Å². The van der Waals surface area contributed by atoms with Crippen LogP contribution in [0.25, 0.3) is 11.1 Å². The number of benzene rings is 2. The van der Waals surface area contributed by atoms with E-state index in [4.69, 9.17) is 5.73 Å². The number of para-hydroxylation sites is 2. The largest absolute Gasteiger partial charge is 0.507 e. The highest BCUT2D eigenvalue weighted by atomic mass is 16.3. The molecule has 2 aromatic carbocycles. The minimum absolute atomic E-state index is 0.204. The van der Waals surface area contributed by atoms with E-state index >= 15 is 0 Å². The Morgan fingerprint density at radius 2 is 1.62 bits per heavy atom. The van der Waals surface area contributed by atoms with Crippen molar-refractivity contribution in [3.63, 3.8) is 0 Å². The van der Waals surface area contributed by atoms with Crippen molar-refractivity contribution < 1.29 is 9.90 Å². The Labute approximate surface area is 142 Å². The van der Waals surface area contributed by atoms with Gasteiger partial charge in [0.15, 0.2) is 0 Å². The van der Waals surface area contributed by atoms with Crippen LogP contribution in [0.15, 0.2) is 48.5 Å². The van der Waals surface area contributed by atoms with Gasteiger partial charge < -0.3 is 15.7 Å². The molecule has 1 aliphatic rings. The van der Waals surface area contributed by atoms with Gasteiger partial charge in [0.25, 0.3) is 0 Å². The summed E-state index contributed by atoms with van der Waals surface area (Å²) in [6.45, 7) is 0.204. The molecule has 4 nitrogen and oxygen atoms in total. The Morgan fingerprint density at radius 1 is 1.00 bits per heavy atom. The average molecular weight is 324 g/mol. The van der Waals surface area contributed by atoms with Crippen LogP contribution in [0.4, 0.5) is 5.69 Å². The fraction of sp³-hybridized carbons (Fsp3) is 0.350. The summed E-state index contributed by atoms with van der Waals surface area (Å²) in [4.78, 5) is 13.8. The molecule has 1 amide bonds. The van der Waals surface area contributed by atoms with E-state index < -0.39 is 0 Å². The first kappa shape index (κ1) is 16.4. The van der Waals surface area contributed by atoms with E-state index in [-0.39, 0.29) is 18.2 Å². The Balaban J connectivity index is 2.04. The van der Waals surface area contributed by atoms with Crippen LogP contribution < -0.4 is 10.6 Å². The van der Waals surface area contributed by atoms with Crippen LogP contribution in [-0.2, 0) is 4.79 Å². The SMILES string of the molecule is NC(=O)CN(c1ccccc1-c1ccccc1O)C1CCCCC1. The van der Waals surface area contributed by atoms with Gasteiger partial charge in [0, 0.05) is 22.9 Å². The summed E-state index contributed by atoms with van der Waals surface area (Å²) in [5.41, 5.74) is 8.20. The van der Waals surface area contributed by atoms with Crippen molar-refractivity contribution in [3.05, 3.63) is 48.5 Å². The highest BCUT2D eigenvalue weighted by Gasteiger charge is 2.25. The number of amides is 1. The predicted molar refractivity (Wildman–Crippen MR) is 97.0 cm³/mol. The Hall–Kier alpha value is -2.49. The summed E-state index contributed by atoms with van der Waals surface area (Å²) in [5.74, 6) is -0.0831. The quantitative estimate of drug-likeness (QED) is 0.881. The van der Waals surface area contributed by atoms with Gasteiger partial charge in [-0.05, 0) is 25.0 Å². The molecule has 0 atom stereocenters. The Kier molecular flexibility index (Phi) is 5.04. The summed E-state index contributed by atoms with van der Waals surface area (Å²) in [6, 6.07) is 15.5. The summed E-state index contributed by atoms with van der Waals surface area (Å²) < 4.78 is 0. The van der Waals surface area contributed by atoms with Crippen LogP contribution in [-0.4, -0.2) is 23.6 Å². The highest BCUT2D eigenvalue weighted by Crippen LogP contribution is 2.38. The minimum atomic E-state index is -0.326. The lowest BCUT2D eigenvalue weighted by Crippen LogP contribution is -2.42. The lowest BCUT2D eigenvalue weighted by atomic mass is 9.92. The van der Waals surface area contributed by atoms with E-state index in [2.05, 4.69) is 4.90 Å². The number of nitrogens with zero attached hydrogens (tertiary/aromatic N) is 1. The van der Waals surface area contributed by atoms with Crippen LogP contribution in [0.1, 0.15) is 32.1 Å². The maximum atomic E-state index is 11.7. The fourth-order valence-corrected chi connectivity index (χ4v) is 3.62. The van der Waals surface area contributed by atoms with E-state index in [1.54, 1.807) is 6.07 Å². The first-order chi connectivity index (χ1) is 11.7. The number of anilines is 1. The zero-order valence-electron chi connectivity index (χ0n) is 13.8. The van der Waals surface area contributed by atoms with Crippen molar-refractivity contribution in [2.24, 2.45) is 5.73 Å². The second-order valence-corrected chi connectivity index (χ2v) is 6.42. The van der Waals surface area contributed by atoms with Gasteiger partial charge in [0.1, 0.15) is 5.75 Å². The number of phenolic OH excluding ortho intramolecular Hbond substituents is 1. The standard InChI is InChI=1S/C20H24N2O2/c21-20(24)14-22(15-8-2-1-3-9-15)18-12-6-4-10-16(18)17-11-5-7-13-19(17)23/h4-7,10-13,15,23H,1-3,8-9,14H2,(H2,21,24). The summed E-state index contributed by atoms with van der Waals surface area (Å²) >= 11 is 0. The molecule has 24 heavy (non-hydrogen) atoms. The van der Waals surface area contributed by atoms with Crippen molar-refractivity contribution in [2.45, 2.75) is 38.1 Å². The Morgan fingerprint density at radius 3 is 2.29 bits per heavy atom. The van der Waals surface area contributed by atoms with Crippen molar-refractivity contribution in [2.75, 3.05) is 11.4 Å². The smallest absolute Gasteiger partial charge is 0.236 e. The number of hydrogen-bond donors (Lipinski definition) is 2. The molecule has 1 fully saturated rings. The molecule has 0 heterocycles. The maximum absolute atomic E-state index is 11.7. The van der Waals surface area contributed by atoms with Crippen LogP contribution >= 0.6 is 0 Å². The first-order valence-electron chi connectivity index (χ1n) is 8.59. The van der Waals surface area contributed by atoms with Crippen LogP contribution in [0.2, 0.25) is 0 Å². The number of aromatic hydroxyl groups is 1. The second-order valence-electron chi connectivity index (χ2n) is 6.42. The monoisotopic (exact) mass is 324 g/mol. The number of nitrogens with two attached hydrogens (primary N) is 1. The first-order valence-corrected chi connectivity index (χ1v) is 8.59. The van der Waals surface area contributed by atoms with Gasteiger partial charge in [-0.3, -0.25) is 4.79 Å². The molecule has 0 saturated heterocycles. The predicted octanol–water partition coefficient (Wildman–Crippen LogP) is 3.68. The molecule has 126 valence electrons. The molecule has 3 N–H and O–H groups in total. The zero-order valence-corrected chi connectivity index (χ0v) is 13.8. The van der Waals surface area contributed by atoms with Crippen LogP contribution in [0.5, 0.6) is 5.75 Å². The topological polar surface area (TPSA) is 66.6 Å². The lowest BCUT2D eigenvalue weighted by molar-refractivity contribution is -0.116. The lowest BCUT2D eigenvalue weighted by Gasteiger charge is -2.36. The number of carbonyl (C=O) groups excluding carboxylic acids is 1. The molecule has 0 unspecified atom stereocenters. The second kappa shape index (κ2) is 7.39. The van der Waals surface area contributed by atoms with E-state index in [0.29, 0.717) is 6.04 Å². The number of phenols is 1. The molecule has 0 aliphatic heterocycles. The van der Waals surface area contributed by atoms with Gasteiger partial charge in [0.2, 0.25) is 5.91 Å². The average Bonchev–Trinajstić information content (AvgIpc) is 2.61. The van der Waals surface area contributed by atoms with Crippen molar-refractivity contribution in [3.8, 4) is 16.9 Å². The van der Waals surface area contributed by atoms with Gasteiger partial charge in [-0.15, -0.1) is 0 Å². The summed E-state index contributed by atoms with van der Waals surface area (Å²) in [7, 11) is 0. The molecule has 3 rings (SSSR count). The van der Waals surface area contributed by atoms with Crippen LogP contribution in [0.3, 0.4) is 0 Å². The number of hydrogen-bond acceptors (Lipinski definition) is 3. The normalized spacial score (nSPS) is 15.2. The molecule has 0 radical (unpaired) electrons. The number of carbonyl (C=O) groups is 1. The fourth-order valence-electron chi connectivity index (χ4n) is 3.62. The van der Waals surface area contributed by atoms with E-state index in [0.717, 1.165) is 29.7 Å². The van der Waals surface area contributed by atoms with Gasteiger partial charge in [-0.25, -0.2) is 0 Å². The number of rotatable bonds is 5. The summed E-state index contributed by atoms with van der Waals surface area (Å²) in [5, 5.41) is 10.3. The number of primary amides is 1. The molecular formula is C20H24N2O2. The molecule has 0 aromatic heterocycles. The molecule has 4 heteroatoms. The van der Waals surface area contributed by atoms with E-state index in [9.17, 15) is 9.90 Å². The molecule has 0 bridgehead atoms. The van der Waals surface area contributed by atoms with Crippen LogP contribution in [0, 0.1) is 0 Å². The third-order valence-electron chi connectivity index (χ3n) is 4.75. The molecule has 2 aromatic rings. The maximum Gasteiger partial charge on any atom is 0.236 e. The zero-order chi connectivity index (χ0) is 16.9.